The smallest absolute Gasteiger partial charge is 0.343 e. The number of esters is 1. The topological polar surface area (TPSA) is 26.3 Å². The van der Waals surface area contributed by atoms with E-state index in [9.17, 15) is 4.79 Å². The lowest BCUT2D eigenvalue weighted by atomic mass is 10.2. The molecule has 0 saturated heterocycles. The third-order valence-electron chi connectivity index (χ3n) is 2.42. The van der Waals surface area contributed by atoms with Crippen LogP contribution in [0.2, 0.25) is 0 Å². The lowest BCUT2D eigenvalue weighted by Gasteiger charge is -2.07. The van der Waals surface area contributed by atoms with Crippen molar-refractivity contribution in [2.75, 3.05) is 0 Å². The summed E-state index contributed by atoms with van der Waals surface area (Å²) >= 11 is 4.43. The highest BCUT2D eigenvalue weighted by molar-refractivity contribution is 14.1. The van der Waals surface area contributed by atoms with Crippen molar-refractivity contribution in [1.82, 2.24) is 0 Å². The van der Waals surface area contributed by atoms with Crippen LogP contribution in [0, 0.1) is 14.1 Å². The third kappa shape index (κ3) is 3.44. The number of rotatable bonds is 2. The highest BCUT2D eigenvalue weighted by Crippen LogP contribution is 2.21. The number of carbonyl (C=O) groups excluding carboxylic acids is 1. The molecule has 2 rings (SSSR count). The summed E-state index contributed by atoms with van der Waals surface area (Å²) < 4.78 is 7.60. The van der Waals surface area contributed by atoms with Gasteiger partial charge in [-0.25, -0.2) is 4.79 Å². The van der Waals surface area contributed by atoms with Gasteiger partial charge in [0.1, 0.15) is 5.75 Å². The van der Waals surface area contributed by atoms with Gasteiger partial charge in [0.05, 0.1) is 5.56 Å². The summed E-state index contributed by atoms with van der Waals surface area (Å²) in [5.74, 6) is 0.287. The minimum Gasteiger partial charge on any atom is -0.423 e. The van der Waals surface area contributed by atoms with Gasteiger partial charge in [0.15, 0.2) is 0 Å². The van der Waals surface area contributed by atoms with E-state index in [1.165, 1.54) is 0 Å². The normalized spacial score (nSPS) is 10.2. The molecule has 0 saturated carbocycles. The van der Waals surface area contributed by atoms with E-state index in [0.717, 1.165) is 12.7 Å². The monoisotopic (exact) mass is 464 g/mol. The van der Waals surface area contributed by atoms with E-state index in [2.05, 4.69) is 45.2 Å². The van der Waals surface area contributed by atoms with Crippen LogP contribution in [0.25, 0.3) is 0 Å². The number of benzene rings is 2. The van der Waals surface area contributed by atoms with Crippen molar-refractivity contribution in [3.05, 3.63) is 60.7 Å². The lowest BCUT2D eigenvalue weighted by Crippen LogP contribution is -2.09. The molecule has 18 heavy (non-hydrogen) atoms. The summed E-state index contributed by atoms with van der Waals surface area (Å²) in [6, 6.07) is 13.0. The van der Waals surface area contributed by atoms with Crippen LogP contribution < -0.4 is 4.74 Å². The fraction of sp³-hybridized carbons (Fsp3) is 0.0714. The first-order valence-corrected chi connectivity index (χ1v) is 7.46. The molecule has 2 aromatic rings. The van der Waals surface area contributed by atoms with Gasteiger partial charge in [-0.3, -0.25) is 0 Å². The molecule has 2 aromatic carbocycles. The highest BCUT2D eigenvalue weighted by atomic mass is 127. The molecule has 92 valence electrons. The van der Waals surface area contributed by atoms with E-state index in [4.69, 9.17) is 4.74 Å². The van der Waals surface area contributed by atoms with Crippen LogP contribution >= 0.6 is 45.2 Å². The summed E-state index contributed by atoms with van der Waals surface area (Å²) in [7, 11) is 0. The van der Waals surface area contributed by atoms with Crippen LogP contribution in [0.5, 0.6) is 5.75 Å². The summed E-state index contributed by atoms with van der Waals surface area (Å²) in [5.41, 5.74) is 1.52. The van der Waals surface area contributed by atoms with Crippen LogP contribution in [0.3, 0.4) is 0 Å². The van der Waals surface area contributed by atoms with Gasteiger partial charge in [0.2, 0.25) is 0 Å². The first-order valence-electron chi connectivity index (χ1n) is 5.30. The van der Waals surface area contributed by atoms with Gasteiger partial charge in [-0.2, -0.15) is 0 Å². The molecule has 0 heterocycles. The Labute approximate surface area is 133 Å². The summed E-state index contributed by atoms with van der Waals surface area (Å²) in [6.07, 6.45) is 0. The second-order valence-corrected chi connectivity index (χ2v) is 6.30. The Kier molecular flexibility index (Phi) is 4.60. The standard InChI is InChI=1S/C14H10I2O2/c1-9-8-12(16)6-7-13(9)18-14(17)10-2-4-11(15)5-3-10/h2-8H,1H3. The molecule has 0 radical (unpaired) electrons. The molecule has 0 aliphatic rings. The molecule has 2 nitrogen and oxygen atoms in total. The number of hydrogen-bond donors (Lipinski definition) is 0. The Bertz CT molecular complexity index is 577. The molecule has 0 amide bonds. The van der Waals surface area contributed by atoms with Crippen molar-refractivity contribution in [3.8, 4) is 5.75 Å². The molecule has 0 aromatic heterocycles. The Morgan fingerprint density at radius 1 is 1.00 bits per heavy atom. The minimum absolute atomic E-state index is 0.323. The van der Waals surface area contributed by atoms with Crippen LogP contribution in [0.4, 0.5) is 0 Å². The largest absolute Gasteiger partial charge is 0.423 e. The van der Waals surface area contributed by atoms with E-state index >= 15 is 0 Å². The number of aryl methyl sites for hydroxylation is 1. The quantitative estimate of drug-likeness (QED) is 0.374. The molecule has 0 fully saturated rings. The van der Waals surface area contributed by atoms with Crippen molar-refractivity contribution in [2.45, 2.75) is 6.92 Å². The van der Waals surface area contributed by atoms with Crippen LogP contribution in [0.1, 0.15) is 15.9 Å². The molecule has 0 spiro atoms. The predicted octanol–water partition coefficient (Wildman–Crippen LogP) is 4.42. The minimum atomic E-state index is -0.323. The molecular weight excluding hydrogens is 454 g/mol. The average molecular weight is 464 g/mol. The first kappa shape index (κ1) is 13.8. The molecule has 0 atom stereocenters. The zero-order valence-electron chi connectivity index (χ0n) is 9.61. The van der Waals surface area contributed by atoms with E-state index in [0.29, 0.717) is 11.3 Å². The molecule has 0 aliphatic carbocycles. The number of hydrogen-bond acceptors (Lipinski definition) is 2. The zero-order chi connectivity index (χ0) is 13.1. The fourth-order valence-electron chi connectivity index (χ4n) is 1.47. The second-order valence-electron chi connectivity index (χ2n) is 3.81. The van der Waals surface area contributed by atoms with Crippen molar-refractivity contribution in [3.63, 3.8) is 0 Å². The highest BCUT2D eigenvalue weighted by Gasteiger charge is 2.10. The van der Waals surface area contributed by atoms with Crippen molar-refractivity contribution in [2.24, 2.45) is 0 Å². The number of ether oxygens (including phenoxy) is 1. The molecule has 0 bridgehead atoms. The van der Waals surface area contributed by atoms with Crippen LogP contribution in [-0.4, -0.2) is 5.97 Å². The lowest BCUT2D eigenvalue weighted by molar-refractivity contribution is 0.0733. The van der Waals surface area contributed by atoms with E-state index in [-0.39, 0.29) is 5.97 Å². The van der Waals surface area contributed by atoms with E-state index in [1.807, 2.05) is 37.3 Å². The van der Waals surface area contributed by atoms with Gasteiger partial charge in [-0.1, -0.05) is 0 Å². The van der Waals surface area contributed by atoms with Gasteiger partial charge in [-0.15, -0.1) is 0 Å². The van der Waals surface area contributed by atoms with Gasteiger partial charge in [0, 0.05) is 7.14 Å². The zero-order valence-corrected chi connectivity index (χ0v) is 13.9. The fourth-order valence-corrected chi connectivity index (χ4v) is 2.48. The number of carbonyl (C=O) groups is 1. The van der Waals surface area contributed by atoms with Gasteiger partial charge >= 0.3 is 5.97 Å². The summed E-state index contributed by atoms with van der Waals surface area (Å²) in [6.45, 7) is 1.93. The Morgan fingerprint density at radius 3 is 2.22 bits per heavy atom. The Hall–Kier alpha value is -0.630. The van der Waals surface area contributed by atoms with Crippen LogP contribution in [0.15, 0.2) is 42.5 Å². The predicted molar refractivity (Wildman–Crippen MR) is 88.0 cm³/mol. The molecule has 0 unspecified atom stereocenters. The van der Waals surface area contributed by atoms with Crippen molar-refractivity contribution < 1.29 is 9.53 Å². The summed E-state index contributed by atoms with van der Waals surface area (Å²) in [4.78, 5) is 11.9. The maximum atomic E-state index is 11.9. The van der Waals surface area contributed by atoms with E-state index < -0.39 is 0 Å². The van der Waals surface area contributed by atoms with Crippen molar-refractivity contribution in [1.29, 1.82) is 0 Å². The van der Waals surface area contributed by atoms with E-state index in [1.54, 1.807) is 12.1 Å². The second kappa shape index (κ2) is 6.01. The molecule has 0 aliphatic heterocycles. The van der Waals surface area contributed by atoms with Gasteiger partial charge in [0.25, 0.3) is 0 Å². The van der Waals surface area contributed by atoms with Crippen LogP contribution in [-0.2, 0) is 0 Å². The third-order valence-corrected chi connectivity index (χ3v) is 3.81. The molecule has 0 N–H and O–H groups in total. The maximum Gasteiger partial charge on any atom is 0.343 e. The van der Waals surface area contributed by atoms with Gasteiger partial charge in [-0.05, 0) is 100 Å². The Morgan fingerprint density at radius 2 is 1.61 bits per heavy atom. The van der Waals surface area contributed by atoms with Gasteiger partial charge < -0.3 is 4.74 Å². The summed E-state index contributed by atoms with van der Waals surface area (Å²) in [5, 5.41) is 0. The number of halogens is 2. The average Bonchev–Trinajstić information content (AvgIpc) is 2.33. The Balaban J connectivity index is 2.18. The van der Waals surface area contributed by atoms with Crippen molar-refractivity contribution >= 4 is 51.2 Å². The maximum absolute atomic E-state index is 11.9. The SMILES string of the molecule is Cc1cc(I)ccc1OC(=O)c1ccc(I)cc1. The molecular formula is C14H10I2O2. The molecule has 4 heteroatoms. The first-order chi connectivity index (χ1) is 8.56.